The van der Waals surface area contributed by atoms with Gasteiger partial charge in [0.05, 0.1) is 0 Å². The van der Waals surface area contributed by atoms with Gasteiger partial charge in [0, 0.05) is 34.9 Å². The lowest BCUT2D eigenvalue weighted by Crippen LogP contribution is -2.23. The Morgan fingerprint density at radius 2 is 1.86 bits per heavy atom. The zero-order valence-corrected chi connectivity index (χ0v) is 14.0. The lowest BCUT2D eigenvalue weighted by atomic mass is 9.97. The van der Waals surface area contributed by atoms with Gasteiger partial charge in [0.25, 0.3) is 0 Å². The molecule has 4 heteroatoms. The lowest BCUT2D eigenvalue weighted by molar-refractivity contribution is 0.603. The summed E-state index contributed by atoms with van der Waals surface area (Å²) >= 11 is 1.71. The highest BCUT2D eigenvalue weighted by atomic mass is 32.1. The first-order valence-corrected chi connectivity index (χ1v) is 8.62. The number of aromatic nitrogens is 2. The van der Waals surface area contributed by atoms with Crippen molar-refractivity contribution in [1.82, 2.24) is 15.3 Å². The van der Waals surface area contributed by atoms with Crippen molar-refractivity contribution in [1.29, 1.82) is 0 Å². The van der Waals surface area contributed by atoms with E-state index in [-0.39, 0.29) is 0 Å². The van der Waals surface area contributed by atoms with Crippen LogP contribution in [-0.4, -0.2) is 22.6 Å². The van der Waals surface area contributed by atoms with Gasteiger partial charge >= 0.3 is 0 Å². The zero-order valence-electron chi connectivity index (χ0n) is 13.2. The van der Waals surface area contributed by atoms with Crippen molar-refractivity contribution in [2.24, 2.45) is 0 Å². The monoisotopic (exact) mass is 301 g/mol. The maximum atomic E-state index is 4.77. The summed E-state index contributed by atoms with van der Waals surface area (Å²) in [5, 5.41) is 7.90. The molecule has 2 heterocycles. The van der Waals surface area contributed by atoms with Crippen molar-refractivity contribution in [3.63, 3.8) is 0 Å². The standard InChI is InChI=1S/C17H23N3S/c1-10(7-18-14-5-6-14)16-12(3)19-17(20-13(16)4)15-9-21-8-11(15)2/h8-10,14,18H,5-7H2,1-4H3. The van der Waals surface area contributed by atoms with E-state index in [4.69, 9.17) is 9.97 Å². The minimum Gasteiger partial charge on any atom is -0.313 e. The summed E-state index contributed by atoms with van der Waals surface area (Å²) in [7, 11) is 0. The molecule has 0 bridgehead atoms. The van der Waals surface area contributed by atoms with Crippen LogP contribution in [0.15, 0.2) is 10.8 Å². The Hall–Kier alpha value is -1.26. The second-order valence-electron chi connectivity index (χ2n) is 6.18. The van der Waals surface area contributed by atoms with Gasteiger partial charge in [-0.15, -0.1) is 0 Å². The van der Waals surface area contributed by atoms with Crippen molar-refractivity contribution in [3.05, 3.63) is 33.3 Å². The van der Waals surface area contributed by atoms with Crippen LogP contribution >= 0.6 is 11.3 Å². The molecule has 3 rings (SSSR count). The number of thiophene rings is 1. The molecular weight excluding hydrogens is 278 g/mol. The zero-order chi connectivity index (χ0) is 15.0. The molecule has 1 atom stereocenters. The van der Waals surface area contributed by atoms with Gasteiger partial charge < -0.3 is 5.32 Å². The van der Waals surface area contributed by atoms with Gasteiger partial charge in [-0.1, -0.05) is 6.92 Å². The van der Waals surface area contributed by atoms with E-state index in [9.17, 15) is 0 Å². The van der Waals surface area contributed by atoms with Gasteiger partial charge in [0.1, 0.15) is 0 Å². The lowest BCUT2D eigenvalue weighted by Gasteiger charge is -2.18. The smallest absolute Gasteiger partial charge is 0.160 e. The van der Waals surface area contributed by atoms with Gasteiger partial charge in [0.15, 0.2) is 5.82 Å². The molecule has 0 amide bonds. The van der Waals surface area contributed by atoms with Crippen molar-refractivity contribution in [3.8, 4) is 11.4 Å². The maximum absolute atomic E-state index is 4.77. The van der Waals surface area contributed by atoms with Crippen LogP contribution < -0.4 is 5.32 Å². The molecule has 1 aliphatic carbocycles. The first-order chi connectivity index (χ1) is 10.1. The molecule has 21 heavy (non-hydrogen) atoms. The second kappa shape index (κ2) is 5.85. The highest BCUT2D eigenvalue weighted by molar-refractivity contribution is 7.08. The summed E-state index contributed by atoms with van der Waals surface area (Å²) in [5.41, 5.74) is 5.97. The highest BCUT2D eigenvalue weighted by Gasteiger charge is 2.23. The molecule has 1 saturated carbocycles. The number of aryl methyl sites for hydroxylation is 3. The van der Waals surface area contributed by atoms with Crippen LogP contribution in [0.25, 0.3) is 11.4 Å². The Morgan fingerprint density at radius 3 is 2.38 bits per heavy atom. The Kier molecular flexibility index (Phi) is 4.09. The van der Waals surface area contributed by atoms with Gasteiger partial charge in [-0.3, -0.25) is 0 Å². The minimum atomic E-state index is 0.461. The van der Waals surface area contributed by atoms with Crippen LogP contribution in [0.1, 0.15) is 48.2 Å². The predicted molar refractivity (Wildman–Crippen MR) is 89.0 cm³/mol. The fourth-order valence-corrected chi connectivity index (χ4v) is 3.71. The van der Waals surface area contributed by atoms with Crippen LogP contribution in [0.3, 0.4) is 0 Å². The van der Waals surface area contributed by atoms with E-state index >= 15 is 0 Å². The molecule has 3 nitrogen and oxygen atoms in total. The van der Waals surface area contributed by atoms with Gasteiger partial charge in [-0.2, -0.15) is 11.3 Å². The van der Waals surface area contributed by atoms with E-state index < -0.39 is 0 Å². The van der Waals surface area contributed by atoms with Crippen molar-refractivity contribution < 1.29 is 0 Å². The minimum absolute atomic E-state index is 0.461. The fourth-order valence-electron chi connectivity index (χ4n) is 2.88. The number of rotatable bonds is 5. The summed E-state index contributed by atoms with van der Waals surface area (Å²) in [6, 6.07) is 0.752. The molecule has 112 valence electrons. The Labute approximate surface area is 130 Å². The van der Waals surface area contributed by atoms with E-state index in [1.54, 1.807) is 11.3 Å². The van der Waals surface area contributed by atoms with Crippen LogP contribution in [-0.2, 0) is 0 Å². The molecule has 0 spiro atoms. The Bertz CT molecular complexity index is 620. The maximum Gasteiger partial charge on any atom is 0.160 e. The number of hydrogen-bond donors (Lipinski definition) is 1. The third-order valence-corrected chi connectivity index (χ3v) is 5.07. The molecular formula is C17H23N3S. The predicted octanol–water partition coefficient (Wildman–Crippen LogP) is 3.99. The second-order valence-corrected chi connectivity index (χ2v) is 6.93. The number of nitrogens with zero attached hydrogens (tertiary/aromatic N) is 2. The first-order valence-electron chi connectivity index (χ1n) is 7.68. The SMILES string of the molecule is Cc1cscc1-c1nc(C)c(C(C)CNC2CC2)c(C)n1. The third kappa shape index (κ3) is 3.16. The van der Waals surface area contributed by atoms with E-state index in [0.29, 0.717) is 5.92 Å². The molecule has 1 N–H and O–H groups in total. The molecule has 0 radical (unpaired) electrons. The molecule has 2 aromatic heterocycles. The molecule has 0 aliphatic heterocycles. The van der Waals surface area contributed by atoms with Gasteiger partial charge in [0.2, 0.25) is 0 Å². The van der Waals surface area contributed by atoms with Gasteiger partial charge in [-0.25, -0.2) is 9.97 Å². The summed E-state index contributed by atoms with van der Waals surface area (Å²) in [6.07, 6.45) is 2.66. The molecule has 0 aromatic carbocycles. The van der Waals surface area contributed by atoms with Gasteiger partial charge in [-0.05, 0) is 56.0 Å². The summed E-state index contributed by atoms with van der Waals surface area (Å²) in [6.45, 7) is 9.64. The van der Waals surface area contributed by atoms with Crippen molar-refractivity contribution >= 4 is 11.3 Å². The fraction of sp³-hybridized carbons (Fsp3) is 0.529. The van der Waals surface area contributed by atoms with E-state index in [0.717, 1.165) is 29.8 Å². The van der Waals surface area contributed by atoms with E-state index in [1.807, 2.05) is 0 Å². The molecule has 1 fully saturated rings. The highest BCUT2D eigenvalue weighted by Crippen LogP contribution is 2.28. The molecule has 2 aromatic rings. The molecule has 0 saturated heterocycles. The van der Waals surface area contributed by atoms with E-state index in [2.05, 4.69) is 43.8 Å². The quantitative estimate of drug-likeness (QED) is 0.907. The Morgan fingerprint density at radius 1 is 1.19 bits per heavy atom. The normalized spacial score (nSPS) is 16.2. The van der Waals surface area contributed by atoms with E-state index in [1.165, 1.54) is 29.5 Å². The molecule has 1 unspecified atom stereocenters. The summed E-state index contributed by atoms with van der Waals surface area (Å²) in [5.74, 6) is 1.33. The van der Waals surface area contributed by atoms with Crippen LogP contribution in [0.5, 0.6) is 0 Å². The molecule has 1 aliphatic rings. The topological polar surface area (TPSA) is 37.8 Å². The summed E-state index contributed by atoms with van der Waals surface area (Å²) < 4.78 is 0. The van der Waals surface area contributed by atoms with Crippen molar-refractivity contribution in [2.45, 2.75) is 52.5 Å². The Balaban J connectivity index is 1.86. The first kappa shape index (κ1) is 14.7. The number of hydrogen-bond acceptors (Lipinski definition) is 4. The van der Waals surface area contributed by atoms with Crippen LogP contribution in [0, 0.1) is 20.8 Å². The third-order valence-electron chi connectivity index (χ3n) is 4.21. The summed E-state index contributed by atoms with van der Waals surface area (Å²) in [4.78, 5) is 9.54. The van der Waals surface area contributed by atoms with Crippen LogP contribution in [0.2, 0.25) is 0 Å². The average Bonchev–Trinajstić information content (AvgIpc) is 3.16. The average molecular weight is 301 g/mol. The van der Waals surface area contributed by atoms with Crippen molar-refractivity contribution in [2.75, 3.05) is 6.54 Å². The van der Waals surface area contributed by atoms with Crippen LogP contribution in [0.4, 0.5) is 0 Å². The number of nitrogens with one attached hydrogen (secondary N) is 1. The largest absolute Gasteiger partial charge is 0.313 e.